The van der Waals surface area contributed by atoms with E-state index in [1.807, 2.05) is 6.08 Å². The van der Waals surface area contributed by atoms with Gasteiger partial charge in [0.05, 0.1) is 6.61 Å². The van der Waals surface area contributed by atoms with Gasteiger partial charge < -0.3 is 9.53 Å². The Labute approximate surface area is 115 Å². The fraction of sp³-hybridized carbons (Fsp3) is 0.867. The Morgan fingerprint density at radius 1 is 1.00 bits per heavy atom. The third-order valence-corrected chi connectivity index (χ3v) is 8.34. The first-order valence-corrected chi connectivity index (χ1v) is 10.1. The topological polar surface area (TPSA) is 29.5 Å². The van der Waals surface area contributed by atoms with E-state index < -0.39 is 8.32 Å². The minimum Gasteiger partial charge on any atom is -0.417 e. The molecule has 0 saturated heterocycles. The highest BCUT2D eigenvalue weighted by Gasteiger charge is 2.36. The summed E-state index contributed by atoms with van der Waals surface area (Å²) in [6, 6.07) is 0. The van der Waals surface area contributed by atoms with Crippen LogP contribution in [0.4, 0.5) is 0 Å². The van der Waals surface area contributed by atoms with Crippen LogP contribution >= 0.6 is 0 Å². The van der Waals surface area contributed by atoms with E-state index in [1.54, 1.807) is 0 Å². The zero-order valence-corrected chi connectivity index (χ0v) is 14.0. The molecule has 0 amide bonds. The average Bonchev–Trinajstić information content (AvgIpc) is 2.25. The van der Waals surface area contributed by atoms with Gasteiger partial charge in [0.25, 0.3) is 0 Å². The van der Waals surface area contributed by atoms with Crippen LogP contribution < -0.4 is 0 Å². The van der Waals surface area contributed by atoms with Gasteiger partial charge in [0, 0.05) is 6.61 Å². The zero-order chi connectivity index (χ0) is 14.1. The highest BCUT2D eigenvalue weighted by atomic mass is 28.4. The monoisotopic (exact) mass is 272 g/mol. The van der Waals surface area contributed by atoms with Gasteiger partial charge in [-0.1, -0.05) is 45.8 Å². The van der Waals surface area contributed by atoms with Gasteiger partial charge in [-0.05, 0) is 37.4 Å². The molecule has 0 aliphatic heterocycles. The predicted molar refractivity (Wildman–Crippen MR) is 82.5 cm³/mol. The van der Waals surface area contributed by atoms with E-state index in [-0.39, 0.29) is 6.61 Å². The summed E-state index contributed by atoms with van der Waals surface area (Å²) in [5.74, 6) is 0. The number of unbranched alkanes of at least 4 members (excludes halogenated alkanes) is 4. The van der Waals surface area contributed by atoms with Crippen molar-refractivity contribution in [1.29, 1.82) is 0 Å². The highest BCUT2D eigenvalue weighted by molar-refractivity contribution is 6.74. The van der Waals surface area contributed by atoms with Gasteiger partial charge in [0.15, 0.2) is 8.32 Å². The number of hydrogen-bond acceptors (Lipinski definition) is 2. The van der Waals surface area contributed by atoms with E-state index in [9.17, 15) is 0 Å². The lowest BCUT2D eigenvalue weighted by atomic mass is 10.1. The van der Waals surface area contributed by atoms with Crippen LogP contribution in [0, 0.1) is 0 Å². The lowest BCUT2D eigenvalue weighted by Gasteiger charge is -2.36. The number of aliphatic hydroxyl groups excluding tert-OH is 1. The SMILES string of the molecule is CC(C)(C)[Si](C)(C)OCCCCCC/C=C/CO. The maximum absolute atomic E-state index is 8.58. The fourth-order valence-electron chi connectivity index (χ4n) is 1.45. The Balaban J connectivity index is 3.49. The van der Waals surface area contributed by atoms with Crippen LogP contribution in [0.5, 0.6) is 0 Å². The molecule has 1 N–H and O–H groups in total. The second-order valence-corrected chi connectivity index (χ2v) is 11.3. The number of hydrogen-bond donors (Lipinski definition) is 1. The van der Waals surface area contributed by atoms with E-state index in [1.165, 1.54) is 25.7 Å². The van der Waals surface area contributed by atoms with Crippen molar-refractivity contribution in [2.45, 2.75) is 71.0 Å². The Morgan fingerprint density at radius 2 is 1.61 bits per heavy atom. The summed E-state index contributed by atoms with van der Waals surface area (Å²) >= 11 is 0. The summed E-state index contributed by atoms with van der Waals surface area (Å²) in [5.41, 5.74) is 0. The van der Waals surface area contributed by atoms with Crippen molar-refractivity contribution in [1.82, 2.24) is 0 Å². The highest BCUT2D eigenvalue weighted by Crippen LogP contribution is 2.36. The largest absolute Gasteiger partial charge is 0.417 e. The molecule has 0 aliphatic rings. The molecule has 0 atom stereocenters. The van der Waals surface area contributed by atoms with Gasteiger partial charge in [-0.3, -0.25) is 0 Å². The zero-order valence-electron chi connectivity index (χ0n) is 13.0. The smallest absolute Gasteiger partial charge is 0.191 e. The summed E-state index contributed by atoms with van der Waals surface area (Å²) in [6.07, 6.45) is 9.88. The minimum absolute atomic E-state index is 0.167. The molecule has 0 radical (unpaired) electrons. The van der Waals surface area contributed by atoms with Crippen molar-refractivity contribution in [2.24, 2.45) is 0 Å². The number of aliphatic hydroxyl groups is 1. The molecule has 0 bridgehead atoms. The molecule has 18 heavy (non-hydrogen) atoms. The summed E-state index contributed by atoms with van der Waals surface area (Å²) in [5, 5.41) is 8.90. The summed E-state index contributed by atoms with van der Waals surface area (Å²) in [7, 11) is -1.53. The third-order valence-electron chi connectivity index (χ3n) is 3.81. The molecule has 0 aliphatic carbocycles. The van der Waals surface area contributed by atoms with E-state index in [0.29, 0.717) is 5.04 Å². The molecular weight excluding hydrogens is 240 g/mol. The average molecular weight is 273 g/mol. The Kier molecular flexibility index (Phi) is 8.83. The fourth-order valence-corrected chi connectivity index (χ4v) is 2.54. The minimum atomic E-state index is -1.53. The molecule has 0 unspecified atom stereocenters. The van der Waals surface area contributed by atoms with Crippen molar-refractivity contribution in [3.63, 3.8) is 0 Å². The molecule has 0 heterocycles. The molecule has 0 rings (SSSR count). The predicted octanol–water partition coefficient (Wildman–Crippen LogP) is 4.51. The lowest BCUT2D eigenvalue weighted by Crippen LogP contribution is -2.40. The quantitative estimate of drug-likeness (QED) is 0.380. The van der Waals surface area contributed by atoms with Crippen LogP contribution in [0.25, 0.3) is 0 Å². The van der Waals surface area contributed by atoms with Crippen LogP contribution in [0.15, 0.2) is 12.2 Å². The standard InChI is InChI=1S/C15H32O2Si/c1-15(2,3)18(4,5)17-14-12-10-8-6-7-9-11-13-16/h9,11,16H,6-8,10,12-14H2,1-5H3/b11-9+. The number of rotatable bonds is 9. The second kappa shape index (κ2) is 8.89. The van der Waals surface area contributed by atoms with Crippen LogP contribution in [-0.4, -0.2) is 26.6 Å². The molecule has 0 aromatic rings. The number of allylic oxidation sites excluding steroid dienone is 1. The summed E-state index contributed by atoms with van der Waals surface area (Å²) in [6.45, 7) is 12.6. The second-order valence-electron chi connectivity index (χ2n) is 6.47. The summed E-state index contributed by atoms with van der Waals surface area (Å²) < 4.78 is 6.13. The Bertz CT molecular complexity index is 229. The van der Waals surface area contributed by atoms with Gasteiger partial charge in [-0.25, -0.2) is 0 Å². The van der Waals surface area contributed by atoms with Crippen molar-refractivity contribution in [3.05, 3.63) is 12.2 Å². The first-order chi connectivity index (χ1) is 8.31. The third kappa shape index (κ3) is 8.06. The Hall–Kier alpha value is -0.123. The molecule has 108 valence electrons. The van der Waals surface area contributed by atoms with Gasteiger partial charge >= 0.3 is 0 Å². The molecule has 0 aromatic heterocycles. The normalized spacial score (nSPS) is 13.4. The van der Waals surface area contributed by atoms with Gasteiger partial charge in [-0.15, -0.1) is 0 Å². The van der Waals surface area contributed by atoms with Gasteiger partial charge in [-0.2, -0.15) is 0 Å². The molecule has 3 heteroatoms. The van der Waals surface area contributed by atoms with Gasteiger partial charge in [0.2, 0.25) is 0 Å². The molecule has 0 fully saturated rings. The molecule has 0 saturated carbocycles. The maximum Gasteiger partial charge on any atom is 0.191 e. The molecule has 0 aromatic carbocycles. The van der Waals surface area contributed by atoms with Crippen LogP contribution in [0.3, 0.4) is 0 Å². The van der Waals surface area contributed by atoms with E-state index in [4.69, 9.17) is 9.53 Å². The van der Waals surface area contributed by atoms with Crippen LogP contribution in [-0.2, 0) is 4.43 Å². The first-order valence-electron chi connectivity index (χ1n) is 7.21. The van der Waals surface area contributed by atoms with Gasteiger partial charge in [0.1, 0.15) is 0 Å². The van der Waals surface area contributed by atoms with E-state index in [2.05, 4.69) is 39.9 Å². The van der Waals surface area contributed by atoms with Crippen molar-refractivity contribution >= 4 is 8.32 Å². The van der Waals surface area contributed by atoms with Crippen LogP contribution in [0.1, 0.15) is 52.9 Å². The molecule has 2 nitrogen and oxygen atoms in total. The van der Waals surface area contributed by atoms with Crippen LogP contribution in [0.2, 0.25) is 18.1 Å². The molecular formula is C15H32O2Si. The first kappa shape index (κ1) is 17.9. The maximum atomic E-state index is 8.58. The van der Waals surface area contributed by atoms with Crippen molar-refractivity contribution in [2.75, 3.05) is 13.2 Å². The summed E-state index contributed by atoms with van der Waals surface area (Å²) in [4.78, 5) is 0. The van der Waals surface area contributed by atoms with E-state index >= 15 is 0 Å². The van der Waals surface area contributed by atoms with Crippen molar-refractivity contribution in [3.8, 4) is 0 Å². The van der Waals surface area contributed by atoms with Crippen molar-refractivity contribution < 1.29 is 9.53 Å². The lowest BCUT2D eigenvalue weighted by molar-refractivity contribution is 0.277. The van der Waals surface area contributed by atoms with E-state index in [0.717, 1.165) is 13.0 Å². The Morgan fingerprint density at radius 3 is 2.17 bits per heavy atom. The molecule has 0 spiro atoms.